The average Bonchev–Trinajstić information content (AvgIpc) is 3.31. The SMILES string of the molecule is Cn1cc(C(=O)N[C@H]2CCO[C@]3(CCN(Cc4ccco4)C3)C2)cn1. The minimum absolute atomic E-state index is 0.0550. The maximum absolute atomic E-state index is 12.4. The van der Waals surface area contributed by atoms with E-state index in [2.05, 4.69) is 15.3 Å². The Balaban J connectivity index is 1.35. The number of nitrogens with one attached hydrogen (secondary N) is 1. The van der Waals surface area contributed by atoms with Gasteiger partial charge in [0.2, 0.25) is 0 Å². The quantitative estimate of drug-likeness (QED) is 0.911. The van der Waals surface area contributed by atoms with Crippen LogP contribution in [0.2, 0.25) is 0 Å². The van der Waals surface area contributed by atoms with E-state index in [4.69, 9.17) is 9.15 Å². The number of carbonyl (C=O) groups is 1. The molecular weight excluding hydrogens is 320 g/mol. The molecule has 2 aliphatic rings. The number of ether oxygens (including phenoxy) is 1. The Bertz CT molecular complexity index is 727. The van der Waals surface area contributed by atoms with Crippen LogP contribution in [0.25, 0.3) is 0 Å². The van der Waals surface area contributed by atoms with Crippen molar-refractivity contribution >= 4 is 5.91 Å². The molecule has 2 atom stereocenters. The molecule has 0 aliphatic carbocycles. The molecule has 4 heterocycles. The molecule has 7 heteroatoms. The lowest BCUT2D eigenvalue weighted by Gasteiger charge is -2.38. The van der Waals surface area contributed by atoms with E-state index in [-0.39, 0.29) is 17.6 Å². The molecule has 2 aromatic rings. The lowest BCUT2D eigenvalue weighted by Crippen LogP contribution is -2.49. The van der Waals surface area contributed by atoms with Gasteiger partial charge in [0.05, 0.1) is 30.2 Å². The maximum Gasteiger partial charge on any atom is 0.254 e. The highest BCUT2D eigenvalue weighted by atomic mass is 16.5. The molecule has 134 valence electrons. The van der Waals surface area contributed by atoms with Crippen LogP contribution in [0.5, 0.6) is 0 Å². The Morgan fingerprint density at radius 1 is 1.52 bits per heavy atom. The van der Waals surface area contributed by atoms with Crippen molar-refractivity contribution in [3.63, 3.8) is 0 Å². The van der Waals surface area contributed by atoms with Crippen molar-refractivity contribution in [3.8, 4) is 0 Å². The highest BCUT2D eigenvalue weighted by Crippen LogP contribution is 2.35. The van der Waals surface area contributed by atoms with Gasteiger partial charge in [-0.3, -0.25) is 14.4 Å². The van der Waals surface area contributed by atoms with Crippen LogP contribution in [-0.4, -0.2) is 51.9 Å². The number of aryl methyl sites for hydroxylation is 1. The van der Waals surface area contributed by atoms with E-state index >= 15 is 0 Å². The number of hydrogen-bond donors (Lipinski definition) is 1. The summed E-state index contributed by atoms with van der Waals surface area (Å²) in [7, 11) is 1.81. The lowest BCUT2D eigenvalue weighted by molar-refractivity contribution is -0.0794. The molecule has 2 aromatic heterocycles. The fourth-order valence-corrected chi connectivity index (χ4v) is 3.93. The minimum Gasteiger partial charge on any atom is -0.468 e. The highest BCUT2D eigenvalue weighted by molar-refractivity contribution is 5.93. The second kappa shape index (κ2) is 6.65. The second-order valence-corrected chi connectivity index (χ2v) is 7.14. The average molecular weight is 344 g/mol. The van der Waals surface area contributed by atoms with E-state index in [1.165, 1.54) is 0 Å². The van der Waals surface area contributed by atoms with Gasteiger partial charge in [-0.25, -0.2) is 0 Å². The van der Waals surface area contributed by atoms with Crippen molar-refractivity contribution in [2.75, 3.05) is 19.7 Å². The van der Waals surface area contributed by atoms with Crippen molar-refractivity contribution < 1.29 is 13.9 Å². The predicted octanol–water partition coefficient (Wildman–Crippen LogP) is 1.57. The van der Waals surface area contributed by atoms with Crippen LogP contribution in [0.3, 0.4) is 0 Å². The Hall–Kier alpha value is -2.12. The summed E-state index contributed by atoms with van der Waals surface area (Å²) in [5, 5.41) is 7.21. The molecular formula is C18H24N4O3. The Morgan fingerprint density at radius 2 is 2.44 bits per heavy atom. The molecule has 7 nitrogen and oxygen atoms in total. The summed E-state index contributed by atoms with van der Waals surface area (Å²) >= 11 is 0. The van der Waals surface area contributed by atoms with Crippen LogP contribution in [-0.2, 0) is 18.3 Å². The molecule has 2 saturated heterocycles. The van der Waals surface area contributed by atoms with Crippen molar-refractivity contribution in [1.29, 1.82) is 0 Å². The molecule has 0 unspecified atom stereocenters. The molecule has 1 spiro atoms. The Kier molecular flexibility index (Phi) is 4.35. The van der Waals surface area contributed by atoms with E-state index in [0.29, 0.717) is 12.2 Å². The topological polar surface area (TPSA) is 72.5 Å². The van der Waals surface area contributed by atoms with Gasteiger partial charge in [0.1, 0.15) is 5.76 Å². The summed E-state index contributed by atoms with van der Waals surface area (Å²) in [6, 6.07) is 4.07. The smallest absolute Gasteiger partial charge is 0.254 e. The molecule has 0 radical (unpaired) electrons. The summed E-state index contributed by atoms with van der Waals surface area (Å²) in [6.07, 6.45) is 7.75. The van der Waals surface area contributed by atoms with Gasteiger partial charge >= 0.3 is 0 Å². The van der Waals surface area contributed by atoms with Gasteiger partial charge in [0, 0.05) is 39.0 Å². The number of hydrogen-bond acceptors (Lipinski definition) is 5. The lowest BCUT2D eigenvalue weighted by atomic mass is 9.89. The number of aromatic nitrogens is 2. The van der Waals surface area contributed by atoms with Gasteiger partial charge in [-0.15, -0.1) is 0 Å². The molecule has 0 bridgehead atoms. The fraction of sp³-hybridized carbons (Fsp3) is 0.556. The normalized spacial score (nSPS) is 27.0. The molecule has 0 saturated carbocycles. The zero-order valence-electron chi connectivity index (χ0n) is 14.5. The van der Waals surface area contributed by atoms with E-state index in [9.17, 15) is 4.79 Å². The fourth-order valence-electron chi connectivity index (χ4n) is 3.93. The summed E-state index contributed by atoms with van der Waals surface area (Å²) in [5.74, 6) is 0.926. The molecule has 4 rings (SSSR count). The van der Waals surface area contributed by atoms with Crippen molar-refractivity contribution in [1.82, 2.24) is 20.0 Å². The van der Waals surface area contributed by atoms with E-state index in [1.807, 2.05) is 19.2 Å². The van der Waals surface area contributed by atoms with Gasteiger partial charge in [0.25, 0.3) is 5.91 Å². The Morgan fingerprint density at radius 3 is 3.20 bits per heavy atom. The predicted molar refractivity (Wildman–Crippen MR) is 91.0 cm³/mol. The van der Waals surface area contributed by atoms with Crippen molar-refractivity contribution in [2.24, 2.45) is 7.05 Å². The summed E-state index contributed by atoms with van der Waals surface area (Å²) in [4.78, 5) is 14.7. The van der Waals surface area contributed by atoms with Crippen molar-refractivity contribution in [2.45, 2.75) is 37.5 Å². The third-order valence-electron chi connectivity index (χ3n) is 5.15. The number of furan rings is 1. The first kappa shape index (κ1) is 16.4. The molecule has 25 heavy (non-hydrogen) atoms. The standard InChI is InChI=1S/C18H24N4O3/c1-21-11-14(10-19-21)17(23)20-15-4-8-25-18(9-15)5-6-22(13-18)12-16-3-2-7-24-16/h2-3,7,10-11,15H,4-6,8-9,12-13H2,1H3,(H,20,23)/t15-,18+/m0/s1. The Labute approximate surface area is 146 Å². The first-order chi connectivity index (χ1) is 12.1. The van der Waals surface area contributed by atoms with Gasteiger partial charge in [0.15, 0.2) is 0 Å². The molecule has 2 aliphatic heterocycles. The largest absolute Gasteiger partial charge is 0.468 e. The summed E-state index contributed by atoms with van der Waals surface area (Å²) in [5.41, 5.74) is 0.450. The number of amides is 1. The minimum atomic E-state index is -0.155. The number of rotatable bonds is 4. The van der Waals surface area contributed by atoms with E-state index in [0.717, 1.165) is 44.7 Å². The van der Waals surface area contributed by atoms with Gasteiger partial charge < -0.3 is 14.5 Å². The number of nitrogens with zero attached hydrogens (tertiary/aromatic N) is 3. The zero-order chi connectivity index (χ0) is 17.3. The number of carbonyl (C=O) groups excluding carboxylic acids is 1. The maximum atomic E-state index is 12.4. The van der Waals surface area contributed by atoms with Crippen LogP contribution >= 0.6 is 0 Å². The summed E-state index contributed by atoms with van der Waals surface area (Å²) < 4.78 is 13.2. The third kappa shape index (κ3) is 3.62. The molecule has 2 fully saturated rings. The summed E-state index contributed by atoms with van der Waals surface area (Å²) in [6.45, 7) is 3.37. The monoisotopic (exact) mass is 344 g/mol. The molecule has 1 amide bonds. The van der Waals surface area contributed by atoms with Crippen LogP contribution < -0.4 is 5.32 Å². The van der Waals surface area contributed by atoms with Crippen LogP contribution in [0.4, 0.5) is 0 Å². The zero-order valence-corrected chi connectivity index (χ0v) is 14.5. The van der Waals surface area contributed by atoms with Crippen molar-refractivity contribution in [3.05, 3.63) is 42.1 Å². The number of likely N-dealkylation sites (tertiary alicyclic amines) is 1. The van der Waals surface area contributed by atoms with Gasteiger partial charge in [-0.2, -0.15) is 5.10 Å². The van der Waals surface area contributed by atoms with Crippen LogP contribution in [0.15, 0.2) is 35.2 Å². The van der Waals surface area contributed by atoms with Crippen LogP contribution in [0, 0.1) is 0 Å². The van der Waals surface area contributed by atoms with Gasteiger partial charge in [-0.05, 0) is 31.4 Å². The van der Waals surface area contributed by atoms with E-state index in [1.54, 1.807) is 23.3 Å². The van der Waals surface area contributed by atoms with Crippen LogP contribution in [0.1, 0.15) is 35.4 Å². The third-order valence-corrected chi connectivity index (χ3v) is 5.15. The highest BCUT2D eigenvalue weighted by Gasteiger charge is 2.43. The molecule has 1 N–H and O–H groups in total. The first-order valence-corrected chi connectivity index (χ1v) is 8.80. The second-order valence-electron chi connectivity index (χ2n) is 7.14. The first-order valence-electron chi connectivity index (χ1n) is 8.80. The molecule has 0 aromatic carbocycles. The van der Waals surface area contributed by atoms with Gasteiger partial charge in [-0.1, -0.05) is 0 Å². The van der Waals surface area contributed by atoms with E-state index < -0.39 is 0 Å².